The molecule has 3 heteroatoms. The molecule has 0 bridgehead atoms. The van der Waals surface area contributed by atoms with Gasteiger partial charge in [0.05, 0.1) is 6.26 Å². The van der Waals surface area contributed by atoms with Gasteiger partial charge in [-0.2, -0.15) is 0 Å². The standard InChI is InChI=1S/C11H18N2O/c1-9-10(3-6-14-9)7-13(2)11(8-12)4-5-11/h3,6H,4-5,7-8,12H2,1-2H3. The fourth-order valence-electron chi connectivity index (χ4n) is 1.88. The van der Waals surface area contributed by atoms with Crippen molar-refractivity contribution in [1.29, 1.82) is 0 Å². The van der Waals surface area contributed by atoms with Crippen molar-refractivity contribution in [2.45, 2.75) is 31.8 Å². The molecule has 1 aromatic rings. The molecule has 14 heavy (non-hydrogen) atoms. The monoisotopic (exact) mass is 194 g/mol. The Balaban J connectivity index is 2.01. The third-order valence-corrected chi connectivity index (χ3v) is 3.39. The zero-order valence-corrected chi connectivity index (χ0v) is 8.92. The first-order valence-electron chi connectivity index (χ1n) is 5.12. The third-order valence-electron chi connectivity index (χ3n) is 3.39. The first-order chi connectivity index (χ1) is 6.68. The molecule has 0 aromatic carbocycles. The molecule has 0 spiro atoms. The molecule has 2 N–H and O–H groups in total. The Morgan fingerprint density at radius 3 is 2.71 bits per heavy atom. The van der Waals surface area contributed by atoms with Gasteiger partial charge in [-0.1, -0.05) is 0 Å². The fraction of sp³-hybridized carbons (Fsp3) is 0.636. The van der Waals surface area contributed by atoms with Gasteiger partial charge in [-0.05, 0) is 32.9 Å². The predicted molar refractivity (Wildman–Crippen MR) is 55.9 cm³/mol. The van der Waals surface area contributed by atoms with Gasteiger partial charge < -0.3 is 10.2 Å². The lowest BCUT2D eigenvalue weighted by Crippen LogP contribution is -2.39. The van der Waals surface area contributed by atoms with Crippen LogP contribution in [0.4, 0.5) is 0 Å². The number of likely N-dealkylation sites (N-methyl/N-ethyl adjacent to an activating group) is 1. The van der Waals surface area contributed by atoms with E-state index in [9.17, 15) is 0 Å². The summed E-state index contributed by atoms with van der Waals surface area (Å²) in [6, 6.07) is 2.04. The van der Waals surface area contributed by atoms with Crippen LogP contribution < -0.4 is 5.73 Å². The van der Waals surface area contributed by atoms with Crippen molar-refractivity contribution < 1.29 is 4.42 Å². The van der Waals surface area contributed by atoms with Gasteiger partial charge in [0.15, 0.2) is 0 Å². The van der Waals surface area contributed by atoms with Gasteiger partial charge in [0, 0.05) is 24.2 Å². The maximum atomic E-state index is 5.77. The van der Waals surface area contributed by atoms with E-state index in [-0.39, 0.29) is 5.54 Å². The van der Waals surface area contributed by atoms with Gasteiger partial charge in [0.25, 0.3) is 0 Å². The van der Waals surface area contributed by atoms with Gasteiger partial charge >= 0.3 is 0 Å². The molecular weight excluding hydrogens is 176 g/mol. The summed E-state index contributed by atoms with van der Waals surface area (Å²) in [5, 5.41) is 0. The lowest BCUT2D eigenvalue weighted by Gasteiger charge is -2.26. The summed E-state index contributed by atoms with van der Waals surface area (Å²) in [4.78, 5) is 2.35. The van der Waals surface area contributed by atoms with Crippen LogP contribution in [-0.4, -0.2) is 24.0 Å². The van der Waals surface area contributed by atoms with E-state index in [0.717, 1.165) is 18.8 Å². The van der Waals surface area contributed by atoms with Crippen LogP contribution in [-0.2, 0) is 6.54 Å². The average Bonchev–Trinajstić information content (AvgIpc) is 2.89. The molecular formula is C11H18N2O. The molecule has 0 radical (unpaired) electrons. The highest BCUT2D eigenvalue weighted by Crippen LogP contribution is 2.40. The second-order valence-electron chi connectivity index (χ2n) is 4.29. The van der Waals surface area contributed by atoms with Gasteiger partial charge in [0.1, 0.15) is 5.76 Å². The molecule has 1 saturated carbocycles. The van der Waals surface area contributed by atoms with Crippen LogP contribution in [0.25, 0.3) is 0 Å². The number of hydrogen-bond donors (Lipinski definition) is 1. The molecule has 1 fully saturated rings. The molecule has 0 amide bonds. The maximum absolute atomic E-state index is 5.77. The molecule has 0 aliphatic heterocycles. The van der Waals surface area contributed by atoms with E-state index in [0.29, 0.717) is 0 Å². The molecule has 78 valence electrons. The molecule has 1 aromatic heterocycles. The van der Waals surface area contributed by atoms with Gasteiger partial charge in [-0.25, -0.2) is 0 Å². The summed E-state index contributed by atoms with van der Waals surface area (Å²) >= 11 is 0. The van der Waals surface area contributed by atoms with Crippen molar-refractivity contribution in [3.8, 4) is 0 Å². The van der Waals surface area contributed by atoms with E-state index < -0.39 is 0 Å². The number of nitrogens with zero attached hydrogens (tertiary/aromatic N) is 1. The second kappa shape index (κ2) is 3.41. The van der Waals surface area contributed by atoms with E-state index in [1.165, 1.54) is 18.4 Å². The van der Waals surface area contributed by atoms with Crippen LogP contribution in [0.2, 0.25) is 0 Å². The number of aryl methyl sites for hydroxylation is 1. The lowest BCUT2D eigenvalue weighted by molar-refractivity contribution is 0.217. The molecule has 1 aliphatic carbocycles. The summed E-state index contributed by atoms with van der Waals surface area (Å²) in [5.74, 6) is 1.02. The van der Waals surface area contributed by atoms with E-state index in [1.54, 1.807) is 6.26 Å². The quantitative estimate of drug-likeness (QED) is 0.790. The third kappa shape index (κ3) is 1.57. The maximum Gasteiger partial charge on any atom is 0.105 e. The zero-order valence-electron chi connectivity index (χ0n) is 8.92. The van der Waals surface area contributed by atoms with Crippen molar-refractivity contribution in [1.82, 2.24) is 4.90 Å². The smallest absolute Gasteiger partial charge is 0.105 e. The van der Waals surface area contributed by atoms with E-state index in [2.05, 4.69) is 11.9 Å². The minimum Gasteiger partial charge on any atom is -0.469 e. The first kappa shape index (κ1) is 9.74. The number of hydrogen-bond acceptors (Lipinski definition) is 3. The first-order valence-corrected chi connectivity index (χ1v) is 5.12. The van der Waals surface area contributed by atoms with Gasteiger partial charge in [-0.15, -0.1) is 0 Å². The molecule has 0 atom stereocenters. The van der Waals surface area contributed by atoms with E-state index in [4.69, 9.17) is 10.2 Å². The fourth-order valence-corrected chi connectivity index (χ4v) is 1.88. The summed E-state index contributed by atoms with van der Waals surface area (Å²) in [5.41, 5.74) is 7.32. The van der Waals surface area contributed by atoms with Crippen molar-refractivity contribution in [2.24, 2.45) is 5.73 Å². The highest BCUT2D eigenvalue weighted by molar-refractivity contribution is 5.17. The molecule has 3 nitrogen and oxygen atoms in total. The van der Waals surface area contributed by atoms with Crippen LogP contribution in [0, 0.1) is 6.92 Å². The largest absolute Gasteiger partial charge is 0.469 e. The topological polar surface area (TPSA) is 42.4 Å². The molecule has 0 saturated heterocycles. The Bertz CT molecular complexity index is 315. The SMILES string of the molecule is Cc1occc1CN(C)C1(CN)CC1. The van der Waals surface area contributed by atoms with Crippen molar-refractivity contribution in [3.05, 3.63) is 23.7 Å². The van der Waals surface area contributed by atoms with Gasteiger partial charge in [-0.3, -0.25) is 4.90 Å². The predicted octanol–water partition coefficient (Wildman–Crippen LogP) is 1.51. The molecule has 0 unspecified atom stereocenters. The Labute approximate surface area is 84.9 Å². The van der Waals surface area contributed by atoms with E-state index >= 15 is 0 Å². The van der Waals surface area contributed by atoms with Crippen molar-refractivity contribution in [3.63, 3.8) is 0 Å². The van der Waals surface area contributed by atoms with Crippen LogP contribution in [0.5, 0.6) is 0 Å². The number of rotatable bonds is 4. The molecule has 1 aliphatic rings. The molecule has 2 rings (SSSR count). The Kier molecular flexibility index (Phi) is 2.37. The summed E-state index contributed by atoms with van der Waals surface area (Å²) in [7, 11) is 2.15. The Morgan fingerprint density at radius 1 is 1.57 bits per heavy atom. The number of furan rings is 1. The highest BCUT2D eigenvalue weighted by atomic mass is 16.3. The minimum atomic E-state index is 0.281. The summed E-state index contributed by atoms with van der Waals surface area (Å²) in [6.07, 6.45) is 4.22. The minimum absolute atomic E-state index is 0.281. The second-order valence-corrected chi connectivity index (χ2v) is 4.29. The van der Waals surface area contributed by atoms with Crippen molar-refractivity contribution >= 4 is 0 Å². The van der Waals surface area contributed by atoms with Crippen LogP contribution in [0.1, 0.15) is 24.2 Å². The van der Waals surface area contributed by atoms with Gasteiger partial charge in [0.2, 0.25) is 0 Å². The molecule has 1 heterocycles. The number of nitrogens with two attached hydrogens (primary N) is 1. The van der Waals surface area contributed by atoms with Crippen LogP contribution >= 0.6 is 0 Å². The Morgan fingerprint density at radius 2 is 2.29 bits per heavy atom. The zero-order chi connectivity index (χ0) is 10.2. The van der Waals surface area contributed by atoms with Crippen molar-refractivity contribution in [2.75, 3.05) is 13.6 Å². The lowest BCUT2D eigenvalue weighted by atomic mass is 10.2. The van der Waals surface area contributed by atoms with Crippen LogP contribution in [0.3, 0.4) is 0 Å². The Hall–Kier alpha value is -0.800. The van der Waals surface area contributed by atoms with E-state index in [1.807, 2.05) is 13.0 Å². The average molecular weight is 194 g/mol. The van der Waals surface area contributed by atoms with Crippen LogP contribution in [0.15, 0.2) is 16.7 Å². The normalized spacial score (nSPS) is 18.9. The summed E-state index contributed by atoms with van der Waals surface area (Å²) < 4.78 is 5.27. The highest BCUT2D eigenvalue weighted by Gasteiger charge is 2.44. The summed E-state index contributed by atoms with van der Waals surface area (Å²) in [6.45, 7) is 3.71.